The van der Waals surface area contributed by atoms with Gasteiger partial charge in [0.2, 0.25) is 0 Å². The van der Waals surface area contributed by atoms with Crippen molar-refractivity contribution in [2.45, 2.75) is 19.8 Å². The second-order valence-electron chi connectivity index (χ2n) is 3.24. The molecule has 2 rings (SSSR count). The summed E-state index contributed by atoms with van der Waals surface area (Å²) in [5.41, 5.74) is 1.47. The maximum Gasteiger partial charge on any atom is 4.00 e. The van der Waals surface area contributed by atoms with E-state index in [0.29, 0.717) is 0 Å². The molecule has 0 aliphatic carbocycles. The SMILES string of the molecule is CCCc1cc2ccccc2[cH-]1.[CH3-].[Cl-].[Cl-].[Zr+4]. The van der Waals surface area contributed by atoms with Crippen LogP contribution >= 0.6 is 0 Å². The summed E-state index contributed by atoms with van der Waals surface area (Å²) in [4.78, 5) is 0. The molecular formula is C13H16Cl2Zr. The summed E-state index contributed by atoms with van der Waals surface area (Å²) in [6.45, 7) is 2.22. The van der Waals surface area contributed by atoms with E-state index in [2.05, 4.69) is 43.3 Å². The van der Waals surface area contributed by atoms with E-state index in [1.54, 1.807) is 0 Å². The molecule has 0 aliphatic rings. The molecule has 0 aliphatic heterocycles. The number of hydrogen-bond donors (Lipinski definition) is 0. The Hall–Kier alpha value is 0.293. The van der Waals surface area contributed by atoms with Crippen LogP contribution in [-0.2, 0) is 32.6 Å². The average Bonchev–Trinajstić information content (AvgIpc) is 2.47. The minimum atomic E-state index is 0. The van der Waals surface area contributed by atoms with Gasteiger partial charge in [0, 0.05) is 0 Å². The smallest absolute Gasteiger partial charge is 1.00 e. The van der Waals surface area contributed by atoms with Gasteiger partial charge in [-0.1, -0.05) is 19.4 Å². The molecular weight excluding hydrogens is 318 g/mol. The maximum atomic E-state index is 2.29. The van der Waals surface area contributed by atoms with Crippen molar-refractivity contribution in [2.75, 3.05) is 0 Å². The van der Waals surface area contributed by atoms with Crippen LogP contribution in [0.2, 0.25) is 0 Å². The summed E-state index contributed by atoms with van der Waals surface area (Å²) in [5, 5.41) is 2.75. The van der Waals surface area contributed by atoms with Gasteiger partial charge in [0.1, 0.15) is 0 Å². The number of fused-ring (bicyclic) bond motifs is 1. The third kappa shape index (κ3) is 5.08. The molecule has 0 saturated heterocycles. The van der Waals surface area contributed by atoms with Gasteiger partial charge >= 0.3 is 26.2 Å². The van der Waals surface area contributed by atoms with Crippen molar-refractivity contribution in [1.82, 2.24) is 0 Å². The van der Waals surface area contributed by atoms with E-state index in [1.807, 2.05) is 0 Å². The third-order valence-corrected chi connectivity index (χ3v) is 2.22. The second-order valence-corrected chi connectivity index (χ2v) is 3.24. The number of aryl methyl sites for hydroxylation is 1. The van der Waals surface area contributed by atoms with Gasteiger partial charge in [-0.25, -0.2) is 0 Å². The van der Waals surface area contributed by atoms with Gasteiger partial charge in [0.25, 0.3) is 0 Å². The molecule has 0 unspecified atom stereocenters. The van der Waals surface area contributed by atoms with Gasteiger partial charge in [-0.05, 0) is 6.42 Å². The summed E-state index contributed by atoms with van der Waals surface area (Å²) in [6.07, 6.45) is 2.44. The molecule has 3 heteroatoms. The van der Waals surface area contributed by atoms with Crippen molar-refractivity contribution in [1.29, 1.82) is 0 Å². The normalized spacial score (nSPS) is 8.06. The van der Waals surface area contributed by atoms with Gasteiger partial charge in [0.15, 0.2) is 0 Å². The molecule has 0 amide bonds. The van der Waals surface area contributed by atoms with Crippen LogP contribution in [0, 0.1) is 7.43 Å². The van der Waals surface area contributed by atoms with Crippen molar-refractivity contribution in [3.63, 3.8) is 0 Å². The Morgan fingerprint density at radius 3 is 2.31 bits per heavy atom. The summed E-state index contributed by atoms with van der Waals surface area (Å²) < 4.78 is 0. The van der Waals surface area contributed by atoms with Crippen LogP contribution in [0.3, 0.4) is 0 Å². The predicted octanol–water partition coefficient (Wildman–Crippen LogP) is -2.03. The Kier molecular flexibility index (Phi) is 14.1. The summed E-state index contributed by atoms with van der Waals surface area (Å²) in [7, 11) is 0. The molecule has 86 valence electrons. The van der Waals surface area contributed by atoms with E-state index in [9.17, 15) is 0 Å². The first kappa shape index (κ1) is 21.6. The van der Waals surface area contributed by atoms with E-state index in [4.69, 9.17) is 0 Å². The van der Waals surface area contributed by atoms with Crippen LogP contribution in [0.1, 0.15) is 18.9 Å². The van der Waals surface area contributed by atoms with Crippen LogP contribution in [0.25, 0.3) is 10.8 Å². The minimum Gasteiger partial charge on any atom is -1.00 e. The number of hydrogen-bond acceptors (Lipinski definition) is 0. The molecule has 0 saturated carbocycles. The molecule has 0 nitrogen and oxygen atoms in total. The van der Waals surface area contributed by atoms with Crippen LogP contribution in [0.5, 0.6) is 0 Å². The van der Waals surface area contributed by atoms with Gasteiger partial charge in [-0.15, -0.1) is 40.6 Å². The van der Waals surface area contributed by atoms with E-state index >= 15 is 0 Å². The minimum absolute atomic E-state index is 0. The Balaban J connectivity index is -0.000000422. The van der Waals surface area contributed by atoms with Crippen molar-refractivity contribution in [2.24, 2.45) is 0 Å². The fourth-order valence-electron chi connectivity index (χ4n) is 1.65. The summed E-state index contributed by atoms with van der Waals surface area (Å²) in [5.74, 6) is 0. The van der Waals surface area contributed by atoms with Crippen molar-refractivity contribution < 1.29 is 51.0 Å². The first-order chi connectivity index (χ1) is 5.90. The summed E-state index contributed by atoms with van der Waals surface area (Å²) >= 11 is 0. The fraction of sp³-hybridized carbons (Fsp3) is 0.231. The Morgan fingerprint density at radius 1 is 1.12 bits per heavy atom. The first-order valence-corrected chi connectivity index (χ1v) is 4.54. The van der Waals surface area contributed by atoms with Crippen molar-refractivity contribution in [3.05, 3.63) is 49.4 Å². The van der Waals surface area contributed by atoms with Crippen LogP contribution in [-0.4, -0.2) is 0 Å². The largest absolute Gasteiger partial charge is 4.00 e. The van der Waals surface area contributed by atoms with Crippen molar-refractivity contribution >= 4 is 10.8 Å². The third-order valence-electron chi connectivity index (χ3n) is 2.22. The van der Waals surface area contributed by atoms with Gasteiger partial charge in [-0.2, -0.15) is 6.07 Å². The van der Waals surface area contributed by atoms with Crippen molar-refractivity contribution in [3.8, 4) is 0 Å². The molecule has 0 radical (unpaired) electrons. The van der Waals surface area contributed by atoms with Crippen LogP contribution < -0.4 is 24.8 Å². The van der Waals surface area contributed by atoms with Crippen LogP contribution in [0.15, 0.2) is 36.4 Å². The zero-order valence-corrected chi connectivity index (χ0v) is 13.6. The number of benzene rings is 1. The Bertz CT molecular complexity index is 349. The summed E-state index contributed by atoms with van der Waals surface area (Å²) in [6, 6.07) is 13.1. The maximum absolute atomic E-state index is 2.29. The predicted molar refractivity (Wildman–Crippen MR) is 60.0 cm³/mol. The van der Waals surface area contributed by atoms with E-state index in [0.717, 1.165) is 0 Å². The second kappa shape index (κ2) is 10.4. The molecule has 2 aromatic carbocycles. The van der Waals surface area contributed by atoms with Gasteiger partial charge < -0.3 is 32.2 Å². The molecule has 0 heterocycles. The Morgan fingerprint density at radius 2 is 1.75 bits per heavy atom. The standard InChI is InChI=1S/C12H13.CH3.2ClH.Zr/c1-2-5-10-8-11-6-3-4-7-12(11)9-10;;;;/h3-4,6-9H,2,5H2,1H3;1H3;2*1H;/q2*-1;;;+4/p-2. The molecule has 0 atom stereocenters. The zero-order valence-electron chi connectivity index (χ0n) is 9.63. The monoisotopic (exact) mass is 332 g/mol. The number of rotatable bonds is 2. The molecule has 2 aromatic rings. The van der Waals surface area contributed by atoms with Gasteiger partial charge in [-0.3, -0.25) is 0 Å². The average molecular weight is 334 g/mol. The molecule has 0 fully saturated rings. The van der Waals surface area contributed by atoms with E-state index < -0.39 is 0 Å². The topological polar surface area (TPSA) is 0 Å². The molecule has 0 spiro atoms. The quantitative estimate of drug-likeness (QED) is 0.556. The van der Waals surface area contributed by atoms with E-state index in [-0.39, 0.29) is 58.4 Å². The Labute approximate surface area is 130 Å². The molecule has 16 heavy (non-hydrogen) atoms. The fourth-order valence-corrected chi connectivity index (χ4v) is 1.65. The number of halogens is 2. The van der Waals surface area contributed by atoms with Gasteiger partial charge in [0.05, 0.1) is 0 Å². The molecule has 0 aromatic heterocycles. The molecule has 0 N–H and O–H groups in total. The zero-order chi connectivity index (χ0) is 8.39. The first-order valence-electron chi connectivity index (χ1n) is 4.54. The van der Waals surface area contributed by atoms with Crippen LogP contribution in [0.4, 0.5) is 0 Å². The van der Waals surface area contributed by atoms with E-state index in [1.165, 1.54) is 29.2 Å². The molecule has 0 bridgehead atoms.